The van der Waals surface area contributed by atoms with Crippen LogP contribution in [0.15, 0.2) is 53.6 Å². The highest BCUT2D eigenvalue weighted by Gasteiger charge is 2.15. The molecule has 0 aliphatic carbocycles. The lowest BCUT2D eigenvalue weighted by atomic mass is 10.0. The highest BCUT2D eigenvalue weighted by molar-refractivity contribution is 5.71. The Morgan fingerprint density at radius 3 is 2.48 bits per heavy atom. The number of aromatic hydroxyl groups is 1. The second-order valence-corrected chi connectivity index (χ2v) is 4.66. The minimum atomic E-state index is -0.372. The fourth-order valence-electron chi connectivity index (χ4n) is 2.20. The average molecular weight is 279 g/mol. The molecule has 2 heterocycles. The first-order valence-corrected chi connectivity index (χ1v) is 6.46. The molecule has 104 valence electrons. The van der Waals surface area contributed by atoms with Crippen LogP contribution in [-0.4, -0.2) is 20.1 Å². The first-order valence-electron chi connectivity index (χ1n) is 6.46. The molecule has 5 nitrogen and oxygen atoms in total. The third-order valence-electron chi connectivity index (χ3n) is 3.27. The van der Waals surface area contributed by atoms with E-state index in [0.717, 1.165) is 5.56 Å². The smallest absolute Gasteiger partial charge is 0.262 e. The van der Waals surface area contributed by atoms with Crippen LogP contribution in [0, 0.1) is 6.92 Å². The molecule has 0 bridgehead atoms. The lowest BCUT2D eigenvalue weighted by molar-refractivity contribution is 0.454. The minimum Gasteiger partial charge on any atom is -0.493 e. The van der Waals surface area contributed by atoms with Gasteiger partial charge in [0.2, 0.25) is 5.88 Å². The number of rotatable bonds is 2. The molecule has 0 aliphatic heterocycles. The molecule has 0 unspecified atom stereocenters. The summed E-state index contributed by atoms with van der Waals surface area (Å²) >= 11 is 0. The average Bonchev–Trinajstić information content (AvgIpc) is 2.49. The Morgan fingerprint density at radius 1 is 1.10 bits per heavy atom. The largest absolute Gasteiger partial charge is 0.493 e. The molecule has 1 aromatic carbocycles. The monoisotopic (exact) mass is 279 g/mol. The number of hydrogen-bond donors (Lipinski definition) is 2. The minimum absolute atomic E-state index is 0.186. The first-order chi connectivity index (χ1) is 10.2. The Balaban J connectivity index is 2.19. The zero-order valence-corrected chi connectivity index (χ0v) is 11.4. The van der Waals surface area contributed by atoms with Gasteiger partial charge in [0.05, 0.1) is 0 Å². The molecule has 0 spiro atoms. The third kappa shape index (κ3) is 2.41. The zero-order valence-electron chi connectivity index (χ0n) is 11.4. The number of nitrogens with zero attached hydrogens (tertiary/aromatic N) is 2. The van der Waals surface area contributed by atoms with E-state index in [2.05, 4.69) is 15.0 Å². The summed E-state index contributed by atoms with van der Waals surface area (Å²) in [5.74, 6) is 0.0390. The van der Waals surface area contributed by atoms with Gasteiger partial charge >= 0.3 is 0 Å². The van der Waals surface area contributed by atoms with E-state index in [1.165, 1.54) is 0 Å². The molecule has 2 N–H and O–H groups in total. The van der Waals surface area contributed by atoms with Crippen molar-refractivity contribution in [3.05, 3.63) is 64.7 Å². The number of H-pyrrole nitrogens is 1. The standard InChI is InChI=1S/C16H13N3O2/c1-10-4-2-3-5-12(10)13-15(20)18-14(19-16(13)21)11-6-8-17-9-7-11/h2-9H,1H3,(H2,18,19,20,21). The summed E-state index contributed by atoms with van der Waals surface area (Å²) in [7, 11) is 0. The van der Waals surface area contributed by atoms with Crippen molar-refractivity contribution in [3.8, 4) is 28.4 Å². The van der Waals surface area contributed by atoms with Crippen molar-refractivity contribution >= 4 is 0 Å². The van der Waals surface area contributed by atoms with E-state index in [1.807, 2.05) is 25.1 Å². The van der Waals surface area contributed by atoms with E-state index in [-0.39, 0.29) is 17.0 Å². The number of hydrogen-bond acceptors (Lipinski definition) is 4. The number of pyridine rings is 1. The van der Waals surface area contributed by atoms with E-state index < -0.39 is 0 Å². The quantitative estimate of drug-likeness (QED) is 0.755. The Kier molecular flexibility index (Phi) is 3.23. The van der Waals surface area contributed by atoms with Crippen LogP contribution in [0.25, 0.3) is 22.5 Å². The Morgan fingerprint density at radius 2 is 1.81 bits per heavy atom. The highest BCUT2D eigenvalue weighted by Crippen LogP contribution is 2.27. The molecule has 2 aromatic heterocycles. The predicted octanol–water partition coefficient (Wildman–Crippen LogP) is 2.51. The Hall–Kier alpha value is -2.95. The summed E-state index contributed by atoms with van der Waals surface area (Å²) in [6, 6.07) is 10.8. The summed E-state index contributed by atoms with van der Waals surface area (Å²) < 4.78 is 0. The lowest BCUT2D eigenvalue weighted by Crippen LogP contribution is -2.12. The van der Waals surface area contributed by atoms with Crippen molar-refractivity contribution in [1.82, 2.24) is 15.0 Å². The second-order valence-electron chi connectivity index (χ2n) is 4.66. The number of aromatic amines is 1. The van der Waals surface area contributed by atoms with Crippen molar-refractivity contribution in [1.29, 1.82) is 0 Å². The molecule has 0 atom stereocenters. The van der Waals surface area contributed by atoms with Gasteiger partial charge in [-0.3, -0.25) is 9.78 Å². The van der Waals surface area contributed by atoms with Crippen LogP contribution in [0.4, 0.5) is 0 Å². The molecule has 0 saturated heterocycles. The summed E-state index contributed by atoms with van der Waals surface area (Å²) in [5, 5.41) is 10.2. The lowest BCUT2D eigenvalue weighted by Gasteiger charge is -2.08. The molecule has 21 heavy (non-hydrogen) atoms. The van der Waals surface area contributed by atoms with E-state index >= 15 is 0 Å². The van der Waals surface area contributed by atoms with Crippen LogP contribution in [-0.2, 0) is 0 Å². The summed E-state index contributed by atoms with van der Waals surface area (Å²) in [5.41, 5.74) is 2.07. The maximum absolute atomic E-state index is 12.3. The fourth-order valence-corrected chi connectivity index (χ4v) is 2.20. The van der Waals surface area contributed by atoms with Crippen LogP contribution in [0.3, 0.4) is 0 Å². The fraction of sp³-hybridized carbons (Fsp3) is 0.0625. The number of aryl methyl sites for hydroxylation is 1. The van der Waals surface area contributed by atoms with Crippen molar-refractivity contribution < 1.29 is 5.11 Å². The molecule has 5 heteroatoms. The van der Waals surface area contributed by atoms with E-state index in [1.54, 1.807) is 30.6 Å². The molecule has 0 fully saturated rings. The van der Waals surface area contributed by atoms with Crippen molar-refractivity contribution in [3.63, 3.8) is 0 Å². The van der Waals surface area contributed by atoms with E-state index in [0.29, 0.717) is 17.0 Å². The molecular weight excluding hydrogens is 266 g/mol. The van der Waals surface area contributed by atoms with Gasteiger partial charge in [0, 0.05) is 18.0 Å². The highest BCUT2D eigenvalue weighted by atomic mass is 16.3. The van der Waals surface area contributed by atoms with Gasteiger partial charge in [0.15, 0.2) is 0 Å². The van der Waals surface area contributed by atoms with Crippen LogP contribution in [0.5, 0.6) is 5.88 Å². The van der Waals surface area contributed by atoms with Crippen LogP contribution < -0.4 is 5.56 Å². The molecule has 0 radical (unpaired) electrons. The van der Waals surface area contributed by atoms with Crippen molar-refractivity contribution in [2.75, 3.05) is 0 Å². The van der Waals surface area contributed by atoms with Gasteiger partial charge in [-0.2, -0.15) is 4.98 Å². The Labute approximate surface area is 121 Å². The van der Waals surface area contributed by atoms with Crippen molar-refractivity contribution in [2.24, 2.45) is 0 Å². The van der Waals surface area contributed by atoms with Crippen LogP contribution in [0.1, 0.15) is 5.56 Å². The maximum atomic E-state index is 12.3. The maximum Gasteiger partial charge on any atom is 0.262 e. The van der Waals surface area contributed by atoms with Gasteiger partial charge in [0.1, 0.15) is 11.4 Å². The number of nitrogens with one attached hydrogen (secondary N) is 1. The van der Waals surface area contributed by atoms with Gasteiger partial charge in [-0.05, 0) is 30.2 Å². The van der Waals surface area contributed by atoms with Gasteiger partial charge in [-0.15, -0.1) is 0 Å². The molecular formula is C16H13N3O2. The first kappa shape index (κ1) is 13.1. The SMILES string of the molecule is Cc1ccccc1-c1c(O)nc(-c2ccncc2)[nH]c1=O. The van der Waals surface area contributed by atoms with E-state index in [9.17, 15) is 9.90 Å². The van der Waals surface area contributed by atoms with Crippen LogP contribution >= 0.6 is 0 Å². The summed E-state index contributed by atoms with van der Waals surface area (Å²) in [6.45, 7) is 1.88. The van der Waals surface area contributed by atoms with Crippen molar-refractivity contribution in [2.45, 2.75) is 6.92 Å². The van der Waals surface area contributed by atoms with Gasteiger partial charge in [-0.25, -0.2) is 0 Å². The van der Waals surface area contributed by atoms with Crippen LogP contribution in [0.2, 0.25) is 0 Å². The predicted molar refractivity (Wildman–Crippen MR) is 79.9 cm³/mol. The zero-order chi connectivity index (χ0) is 14.8. The van der Waals surface area contributed by atoms with E-state index in [4.69, 9.17) is 0 Å². The molecule has 3 aromatic rings. The van der Waals surface area contributed by atoms with Gasteiger partial charge in [0.25, 0.3) is 5.56 Å². The third-order valence-corrected chi connectivity index (χ3v) is 3.27. The second kappa shape index (κ2) is 5.20. The normalized spacial score (nSPS) is 10.5. The molecule has 0 aliphatic rings. The summed E-state index contributed by atoms with van der Waals surface area (Å²) in [4.78, 5) is 23.0. The molecule has 0 saturated carbocycles. The van der Waals surface area contributed by atoms with Gasteiger partial charge in [-0.1, -0.05) is 24.3 Å². The molecule has 0 amide bonds. The molecule has 3 rings (SSSR count). The number of aromatic nitrogens is 3. The topological polar surface area (TPSA) is 78.9 Å². The summed E-state index contributed by atoms with van der Waals surface area (Å²) in [6.07, 6.45) is 3.20. The van der Waals surface area contributed by atoms with Gasteiger partial charge < -0.3 is 10.1 Å². The number of benzene rings is 1. The Bertz CT molecular complexity index is 842.